The minimum absolute atomic E-state index is 0.174. The zero-order chi connectivity index (χ0) is 12.5. The van der Waals surface area contributed by atoms with Crippen LogP contribution in [0.5, 0.6) is 0 Å². The van der Waals surface area contributed by atoms with Crippen LogP contribution in [-0.4, -0.2) is 10.2 Å². The van der Waals surface area contributed by atoms with Crippen LogP contribution in [0.3, 0.4) is 0 Å². The maximum atomic E-state index is 6.32. The van der Waals surface area contributed by atoms with Crippen LogP contribution in [0.1, 0.15) is 17.3 Å². The number of fused-ring (bicyclic) bond motifs is 1. The fourth-order valence-corrected chi connectivity index (χ4v) is 2.88. The van der Waals surface area contributed by atoms with E-state index in [1.54, 1.807) is 0 Å². The van der Waals surface area contributed by atoms with Crippen molar-refractivity contribution in [3.05, 3.63) is 63.4 Å². The Morgan fingerprint density at radius 2 is 1.83 bits per heavy atom. The molecule has 0 amide bonds. The van der Waals surface area contributed by atoms with Gasteiger partial charge >= 0.3 is 0 Å². The highest BCUT2D eigenvalue weighted by atomic mass is 127. The number of halogens is 1. The van der Waals surface area contributed by atoms with Gasteiger partial charge in [0.2, 0.25) is 0 Å². The normalized spacial score (nSPS) is 12.8. The topological polar surface area (TPSA) is 54.7 Å². The number of nitrogens with two attached hydrogens (primary N) is 1. The van der Waals surface area contributed by atoms with Gasteiger partial charge in [0, 0.05) is 8.96 Å². The molecule has 3 rings (SSSR count). The SMILES string of the molecule is NC(c1ccccc1)c1[nH]nc2cccc(I)c12. The monoisotopic (exact) mass is 349 g/mol. The minimum atomic E-state index is -0.174. The Kier molecular flexibility index (Phi) is 3.05. The quantitative estimate of drug-likeness (QED) is 0.698. The maximum absolute atomic E-state index is 6.32. The molecule has 1 aromatic heterocycles. The number of benzene rings is 2. The van der Waals surface area contributed by atoms with Gasteiger partial charge in [-0.15, -0.1) is 0 Å². The molecule has 4 heteroatoms. The van der Waals surface area contributed by atoms with Gasteiger partial charge in [0.05, 0.1) is 17.3 Å². The molecule has 0 bridgehead atoms. The van der Waals surface area contributed by atoms with E-state index in [9.17, 15) is 0 Å². The molecular formula is C14H12IN3. The number of hydrogen-bond acceptors (Lipinski definition) is 2. The van der Waals surface area contributed by atoms with E-state index < -0.39 is 0 Å². The van der Waals surface area contributed by atoms with E-state index in [1.165, 1.54) is 3.57 Å². The fourth-order valence-electron chi connectivity index (χ4n) is 2.10. The molecule has 0 aliphatic heterocycles. The largest absolute Gasteiger partial charge is 0.319 e. The molecule has 3 N–H and O–H groups in total. The van der Waals surface area contributed by atoms with Crippen LogP contribution in [0.25, 0.3) is 10.9 Å². The second-order valence-electron chi connectivity index (χ2n) is 4.16. The average molecular weight is 349 g/mol. The zero-order valence-electron chi connectivity index (χ0n) is 9.60. The summed E-state index contributed by atoms with van der Waals surface area (Å²) in [6.07, 6.45) is 0. The summed E-state index contributed by atoms with van der Waals surface area (Å²) >= 11 is 2.32. The maximum Gasteiger partial charge on any atom is 0.0935 e. The average Bonchev–Trinajstić information content (AvgIpc) is 2.84. The molecule has 2 aromatic carbocycles. The highest BCUT2D eigenvalue weighted by Crippen LogP contribution is 2.28. The van der Waals surface area contributed by atoms with Gasteiger partial charge in [-0.1, -0.05) is 36.4 Å². The Morgan fingerprint density at radius 3 is 2.61 bits per heavy atom. The number of nitrogens with zero attached hydrogens (tertiary/aromatic N) is 1. The van der Waals surface area contributed by atoms with Gasteiger partial charge in [0.1, 0.15) is 0 Å². The number of nitrogens with one attached hydrogen (secondary N) is 1. The second-order valence-corrected chi connectivity index (χ2v) is 5.32. The lowest BCUT2D eigenvalue weighted by atomic mass is 10.0. The van der Waals surface area contributed by atoms with Gasteiger partial charge in [0.15, 0.2) is 0 Å². The van der Waals surface area contributed by atoms with Crippen LogP contribution < -0.4 is 5.73 Å². The van der Waals surface area contributed by atoms with Crippen molar-refractivity contribution in [1.82, 2.24) is 10.2 Å². The first-order valence-corrected chi connectivity index (χ1v) is 6.78. The molecule has 3 nitrogen and oxygen atoms in total. The first-order valence-electron chi connectivity index (χ1n) is 5.70. The van der Waals surface area contributed by atoms with Crippen molar-refractivity contribution in [3.63, 3.8) is 0 Å². The van der Waals surface area contributed by atoms with Crippen molar-refractivity contribution in [2.75, 3.05) is 0 Å². The number of hydrogen-bond donors (Lipinski definition) is 2. The van der Waals surface area contributed by atoms with Crippen molar-refractivity contribution in [2.45, 2.75) is 6.04 Å². The van der Waals surface area contributed by atoms with Gasteiger partial charge in [-0.25, -0.2) is 0 Å². The molecule has 1 unspecified atom stereocenters. The molecule has 0 spiro atoms. The van der Waals surface area contributed by atoms with Crippen molar-refractivity contribution in [3.8, 4) is 0 Å². The first-order chi connectivity index (χ1) is 8.77. The Hall–Kier alpha value is -1.40. The van der Waals surface area contributed by atoms with E-state index in [2.05, 4.69) is 38.9 Å². The molecule has 18 heavy (non-hydrogen) atoms. The van der Waals surface area contributed by atoms with Gasteiger partial charge in [-0.05, 0) is 40.3 Å². The molecule has 90 valence electrons. The zero-order valence-corrected chi connectivity index (χ0v) is 11.8. The van der Waals surface area contributed by atoms with Crippen LogP contribution in [0.15, 0.2) is 48.5 Å². The lowest BCUT2D eigenvalue weighted by Gasteiger charge is -2.10. The summed E-state index contributed by atoms with van der Waals surface area (Å²) in [6, 6.07) is 16.0. The number of aromatic nitrogens is 2. The molecule has 0 saturated carbocycles. The van der Waals surface area contributed by atoms with Crippen molar-refractivity contribution >= 4 is 33.5 Å². The Labute approximate surface area is 119 Å². The number of aromatic amines is 1. The van der Waals surface area contributed by atoms with E-state index in [-0.39, 0.29) is 6.04 Å². The van der Waals surface area contributed by atoms with Crippen LogP contribution >= 0.6 is 22.6 Å². The minimum Gasteiger partial charge on any atom is -0.319 e. The third kappa shape index (κ3) is 1.91. The summed E-state index contributed by atoms with van der Waals surface area (Å²) in [5.41, 5.74) is 9.34. The summed E-state index contributed by atoms with van der Waals surface area (Å²) in [7, 11) is 0. The molecule has 0 radical (unpaired) electrons. The molecule has 0 fully saturated rings. The predicted octanol–water partition coefficient (Wildman–Crippen LogP) is 3.22. The Morgan fingerprint density at radius 1 is 1.06 bits per heavy atom. The van der Waals surface area contributed by atoms with Crippen molar-refractivity contribution < 1.29 is 0 Å². The van der Waals surface area contributed by atoms with Crippen LogP contribution in [0.4, 0.5) is 0 Å². The summed E-state index contributed by atoms with van der Waals surface area (Å²) < 4.78 is 1.17. The van der Waals surface area contributed by atoms with Crippen LogP contribution in [0, 0.1) is 3.57 Å². The lowest BCUT2D eigenvalue weighted by molar-refractivity contribution is 0.823. The van der Waals surface area contributed by atoms with E-state index in [1.807, 2.05) is 42.5 Å². The lowest BCUT2D eigenvalue weighted by Crippen LogP contribution is -2.12. The third-order valence-corrected chi connectivity index (χ3v) is 3.93. The second kappa shape index (κ2) is 4.70. The predicted molar refractivity (Wildman–Crippen MR) is 81.3 cm³/mol. The molecular weight excluding hydrogens is 337 g/mol. The highest BCUT2D eigenvalue weighted by Gasteiger charge is 2.16. The van der Waals surface area contributed by atoms with Gasteiger partial charge in [0.25, 0.3) is 0 Å². The van der Waals surface area contributed by atoms with Gasteiger partial charge < -0.3 is 5.73 Å². The number of H-pyrrole nitrogens is 1. The molecule has 3 aromatic rings. The van der Waals surface area contributed by atoms with E-state index in [4.69, 9.17) is 5.73 Å². The van der Waals surface area contributed by atoms with E-state index >= 15 is 0 Å². The van der Waals surface area contributed by atoms with Crippen LogP contribution in [0.2, 0.25) is 0 Å². The standard InChI is InChI=1S/C14H12IN3/c15-10-7-4-8-11-12(10)14(18-17-11)13(16)9-5-2-1-3-6-9/h1-8,13H,16H2,(H,17,18). The van der Waals surface area contributed by atoms with E-state index in [0.29, 0.717) is 0 Å². The smallest absolute Gasteiger partial charge is 0.0935 e. The molecule has 0 aliphatic rings. The van der Waals surface area contributed by atoms with Gasteiger partial charge in [-0.3, -0.25) is 5.10 Å². The van der Waals surface area contributed by atoms with Crippen molar-refractivity contribution in [1.29, 1.82) is 0 Å². The summed E-state index contributed by atoms with van der Waals surface area (Å²) in [5, 5.41) is 8.51. The van der Waals surface area contributed by atoms with Crippen LogP contribution in [-0.2, 0) is 0 Å². The first kappa shape index (κ1) is 11.7. The summed E-state index contributed by atoms with van der Waals surface area (Å²) in [6.45, 7) is 0. The Balaban J connectivity index is 2.15. The fraction of sp³-hybridized carbons (Fsp3) is 0.0714. The third-order valence-electron chi connectivity index (χ3n) is 3.03. The molecule has 1 heterocycles. The summed E-state index contributed by atoms with van der Waals surface area (Å²) in [4.78, 5) is 0. The van der Waals surface area contributed by atoms with Crippen molar-refractivity contribution in [2.24, 2.45) is 5.73 Å². The van der Waals surface area contributed by atoms with E-state index in [0.717, 1.165) is 22.2 Å². The number of rotatable bonds is 2. The molecule has 0 aliphatic carbocycles. The van der Waals surface area contributed by atoms with Gasteiger partial charge in [-0.2, -0.15) is 5.10 Å². The Bertz CT molecular complexity index is 676. The molecule has 0 saturated heterocycles. The molecule has 1 atom stereocenters. The highest BCUT2D eigenvalue weighted by molar-refractivity contribution is 14.1. The summed E-state index contributed by atoms with van der Waals surface area (Å²) in [5.74, 6) is 0.